The number of amides is 1. The van der Waals surface area contributed by atoms with Crippen LogP contribution in [0.25, 0.3) is 0 Å². The number of carbonyl (C=O) groups is 1. The predicted octanol–water partition coefficient (Wildman–Crippen LogP) is 4.91. The molecule has 1 aromatic rings. The van der Waals surface area contributed by atoms with Crippen LogP contribution in [0, 0.1) is 46.3 Å². The standard InChI is InChI=1S/C28H43NO4/c1-17(13-25(32)29-16-20-5-4-12-33-20)21-6-7-22-26-23(9-11-28(21,22)3)27(2)10-8-19(30)14-18(27)15-24(26)31/h4-5,12,17-19,21-24,26,30-31H,6-11,13-16H2,1-3H3,(H,29,32)/t17-,18+,19-,21?,22+,23+,24+,26+,27+,28-/m1/s1. The Labute approximate surface area is 198 Å². The Morgan fingerprint density at radius 3 is 2.64 bits per heavy atom. The van der Waals surface area contributed by atoms with E-state index in [1.54, 1.807) is 6.26 Å². The van der Waals surface area contributed by atoms with Crippen molar-refractivity contribution in [3.8, 4) is 0 Å². The summed E-state index contributed by atoms with van der Waals surface area (Å²) in [4.78, 5) is 12.7. The molecule has 5 heteroatoms. The second kappa shape index (κ2) is 8.71. The molecule has 0 aliphatic heterocycles. The highest BCUT2D eigenvalue weighted by molar-refractivity contribution is 5.76. The van der Waals surface area contributed by atoms with Crippen molar-refractivity contribution in [3.63, 3.8) is 0 Å². The normalized spacial score (nSPS) is 45.5. The van der Waals surface area contributed by atoms with Gasteiger partial charge in [0.1, 0.15) is 5.76 Å². The number of aliphatic hydroxyl groups excluding tert-OH is 2. The molecule has 4 saturated carbocycles. The van der Waals surface area contributed by atoms with Gasteiger partial charge in [0.15, 0.2) is 0 Å². The van der Waals surface area contributed by atoms with Gasteiger partial charge in [-0.25, -0.2) is 0 Å². The van der Waals surface area contributed by atoms with Gasteiger partial charge < -0.3 is 19.9 Å². The van der Waals surface area contributed by atoms with Gasteiger partial charge in [-0.3, -0.25) is 4.79 Å². The number of hydrogen-bond acceptors (Lipinski definition) is 4. The monoisotopic (exact) mass is 457 g/mol. The van der Waals surface area contributed by atoms with Crippen LogP contribution in [0.15, 0.2) is 22.8 Å². The number of hydrogen-bond donors (Lipinski definition) is 3. The summed E-state index contributed by atoms with van der Waals surface area (Å²) in [5.41, 5.74) is 0.472. The van der Waals surface area contributed by atoms with Crippen LogP contribution in [-0.2, 0) is 11.3 Å². The Morgan fingerprint density at radius 2 is 1.88 bits per heavy atom. The van der Waals surface area contributed by atoms with Gasteiger partial charge in [-0.15, -0.1) is 0 Å². The van der Waals surface area contributed by atoms with Gasteiger partial charge in [-0.1, -0.05) is 20.8 Å². The SMILES string of the molecule is C[C@H](CC(=O)NCc1ccco1)C1CC[C@H]2[C@@H]3[C@@H](O)C[C@@H]4C[C@H](O)CC[C@]4(C)[C@H]3CC[C@]12C. The van der Waals surface area contributed by atoms with Crippen LogP contribution < -0.4 is 5.32 Å². The van der Waals surface area contributed by atoms with Crippen molar-refractivity contribution in [3.05, 3.63) is 24.2 Å². The molecule has 4 aliphatic rings. The molecule has 5 rings (SSSR count). The van der Waals surface area contributed by atoms with E-state index in [4.69, 9.17) is 4.42 Å². The zero-order chi connectivity index (χ0) is 23.4. The molecule has 4 fully saturated rings. The molecule has 0 aromatic carbocycles. The number of nitrogens with one attached hydrogen (secondary N) is 1. The van der Waals surface area contributed by atoms with Crippen LogP contribution in [0.4, 0.5) is 0 Å². The van der Waals surface area contributed by atoms with Gasteiger partial charge in [0.25, 0.3) is 0 Å². The van der Waals surface area contributed by atoms with Gasteiger partial charge in [0.05, 0.1) is 25.0 Å². The van der Waals surface area contributed by atoms with Crippen molar-refractivity contribution in [1.82, 2.24) is 5.32 Å². The average Bonchev–Trinajstić information content (AvgIpc) is 3.41. The Hall–Kier alpha value is -1.33. The number of furan rings is 1. The zero-order valence-electron chi connectivity index (χ0n) is 20.6. The predicted molar refractivity (Wildman–Crippen MR) is 127 cm³/mol. The third-order valence-electron chi connectivity index (χ3n) is 11.0. The molecule has 3 N–H and O–H groups in total. The number of carbonyl (C=O) groups excluding carboxylic acids is 1. The summed E-state index contributed by atoms with van der Waals surface area (Å²) in [7, 11) is 0. The van der Waals surface area contributed by atoms with E-state index in [0.29, 0.717) is 48.5 Å². The average molecular weight is 458 g/mol. The van der Waals surface area contributed by atoms with Crippen molar-refractivity contribution in [2.24, 2.45) is 46.3 Å². The van der Waals surface area contributed by atoms with Crippen molar-refractivity contribution in [2.75, 3.05) is 0 Å². The van der Waals surface area contributed by atoms with Crippen LogP contribution in [0.5, 0.6) is 0 Å². The first-order valence-corrected chi connectivity index (χ1v) is 13.4. The number of rotatable bonds is 5. The van der Waals surface area contributed by atoms with Crippen molar-refractivity contribution in [1.29, 1.82) is 0 Å². The van der Waals surface area contributed by atoms with Crippen molar-refractivity contribution < 1.29 is 19.4 Å². The molecule has 0 spiro atoms. The summed E-state index contributed by atoms with van der Waals surface area (Å²) in [5.74, 6) is 3.72. The van der Waals surface area contributed by atoms with Gasteiger partial charge in [0.2, 0.25) is 5.91 Å². The van der Waals surface area contributed by atoms with Gasteiger partial charge in [0, 0.05) is 6.42 Å². The van der Waals surface area contributed by atoms with Crippen LogP contribution in [0.2, 0.25) is 0 Å². The minimum atomic E-state index is -0.242. The summed E-state index contributed by atoms with van der Waals surface area (Å²) in [5, 5.41) is 24.7. The molecule has 1 aromatic heterocycles. The molecule has 10 atom stereocenters. The quantitative estimate of drug-likeness (QED) is 0.587. The topological polar surface area (TPSA) is 82.7 Å². The van der Waals surface area contributed by atoms with Crippen molar-refractivity contribution >= 4 is 5.91 Å². The summed E-state index contributed by atoms with van der Waals surface area (Å²) >= 11 is 0. The molecule has 0 radical (unpaired) electrons. The first-order valence-electron chi connectivity index (χ1n) is 13.4. The molecule has 33 heavy (non-hydrogen) atoms. The van der Waals surface area contributed by atoms with Gasteiger partial charge in [-0.2, -0.15) is 0 Å². The molecule has 1 unspecified atom stereocenters. The van der Waals surface area contributed by atoms with Crippen LogP contribution in [0.3, 0.4) is 0 Å². The van der Waals surface area contributed by atoms with E-state index >= 15 is 0 Å². The molecule has 1 amide bonds. The fourth-order valence-electron chi connectivity index (χ4n) is 9.28. The second-order valence-corrected chi connectivity index (χ2v) is 12.5. The van der Waals surface area contributed by atoms with Crippen molar-refractivity contribution in [2.45, 2.75) is 97.3 Å². The highest BCUT2D eigenvalue weighted by Crippen LogP contribution is 2.68. The second-order valence-electron chi connectivity index (χ2n) is 12.5. The first-order chi connectivity index (χ1) is 15.7. The highest BCUT2D eigenvalue weighted by Gasteiger charge is 2.62. The summed E-state index contributed by atoms with van der Waals surface area (Å²) < 4.78 is 5.34. The van der Waals surface area contributed by atoms with E-state index in [0.717, 1.165) is 31.4 Å². The van der Waals surface area contributed by atoms with Crippen LogP contribution >= 0.6 is 0 Å². The summed E-state index contributed by atoms with van der Waals surface area (Å²) in [6.07, 6.45) is 10.3. The lowest BCUT2D eigenvalue weighted by Crippen LogP contribution is -2.58. The first kappa shape index (κ1) is 23.4. The molecular formula is C28H43NO4. The third kappa shape index (κ3) is 3.97. The van der Waals surface area contributed by atoms with E-state index in [-0.39, 0.29) is 28.9 Å². The number of fused-ring (bicyclic) bond motifs is 5. The Kier molecular flexibility index (Phi) is 6.18. The lowest BCUT2D eigenvalue weighted by atomic mass is 9.43. The zero-order valence-corrected chi connectivity index (χ0v) is 20.6. The van der Waals surface area contributed by atoms with E-state index in [2.05, 4.69) is 26.1 Å². The van der Waals surface area contributed by atoms with E-state index in [9.17, 15) is 15.0 Å². The largest absolute Gasteiger partial charge is 0.467 e. The Bertz CT molecular complexity index is 839. The molecule has 184 valence electrons. The molecule has 0 saturated heterocycles. The highest BCUT2D eigenvalue weighted by atomic mass is 16.3. The summed E-state index contributed by atoms with van der Waals surface area (Å²) in [6, 6.07) is 3.73. The molecular weight excluding hydrogens is 414 g/mol. The Morgan fingerprint density at radius 1 is 1.12 bits per heavy atom. The smallest absolute Gasteiger partial charge is 0.220 e. The third-order valence-corrected chi connectivity index (χ3v) is 11.0. The number of aliphatic hydroxyl groups is 2. The fraction of sp³-hybridized carbons (Fsp3) is 0.821. The Balaban J connectivity index is 1.27. The van der Waals surface area contributed by atoms with Crippen LogP contribution in [-0.4, -0.2) is 28.3 Å². The lowest BCUT2D eigenvalue weighted by molar-refractivity contribution is -0.174. The maximum Gasteiger partial charge on any atom is 0.220 e. The van der Waals surface area contributed by atoms with Crippen LogP contribution in [0.1, 0.15) is 84.3 Å². The van der Waals surface area contributed by atoms with E-state index in [1.165, 1.54) is 25.7 Å². The van der Waals surface area contributed by atoms with Gasteiger partial charge >= 0.3 is 0 Å². The maximum absolute atomic E-state index is 12.7. The minimum absolute atomic E-state index is 0.105. The molecule has 0 bridgehead atoms. The minimum Gasteiger partial charge on any atom is -0.467 e. The molecule has 4 aliphatic carbocycles. The van der Waals surface area contributed by atoms with Gasteiger partial charge in [-0.05, 0) is 110 Å². The van der Waals surface area contributed by atoms with E-state index < -0.39 is 0 Å². The molecule has 1 heterocycles. The maximum atomic E-state index is 12.7. The molecule has 5 nitrogen and oxygen atoms in total. The van der Waals surface area contributed by atoms with E-state index in [1.807, 2.05) is 12.1 Å². The fourth-order valence-corrected chi connectivity index (χ4v) is 9.28. The lowest BCUT2D eigenvalue weighted by Gasteiger charge is -2.62. The summed E-state index contributed by atoms with van der Waals surface area (Å²) in [6.45, 7) is 7.64.